The van der Waals surface area contributed by atoms with Gasteiger partial charge in [-0.1, -0.05) is 54.9 Å². The maximum atomic E-state index is 7.04. The van der Waals surface area contributed by atoms with E-state index >= 15 is 0 Å². The molecule has 2 fully saturated rings. The molecule has 3 nitrogen and oxygen atoms in total. The summed E-state index contributed by atoms with van der Waals surface area (Å²) in [5.41, 5.74) is 0.204. The molecule has 0 saturated heterocycles. The van der Waals surface area contributed by atoms with Crippen molar-refractivity contribution in [1.82, 2.24) is 0 Å². The topological polar surface area (TPSA) is 27.7 Å². The maximum Gasteiger partial charge on any atom is 0.192 e. The summed E-state index contributed by atoms with van der Waals surface area (Å²) in [5, 5.41) is 0.504. The van der Waals surface area contributed by atoms with E-state index in [0.717, 1.165) is 13.0 Å². The molecule has 34 heavy (non-hydrogen) atoms. The molecule has 202 valence electrons. The third-order valence-corrected chi connectivity index (χ3v) is 19.6. The molecule has 2 rings (SSSR count). The van der Waals surface area contributed by atoms with Crippen LogP contribution in [0.5, 0.6) is 0 Å². The summed E-state index contributed by atoms with van der Waals surface area (Å²) >= 11 is 0. The Hall–Kier alpha value is 0.314. The third-order valence-electron chi connectivity index (χ3n) is 10.4. The Morgan fingerprint density at radius 3 is 1.94 bits per heavy atom. The smallest absolute Gasteiger partial charge is 0.192 e. The number of fused-ring (bicyclic) bond motifs is 1. The standard InChI is InChI=1S/C29H60O3Si2/c1-22(30-21-20-28(8,9)32-34(13,14)27(5,6)7)23-17-18-24-25(16-15-19-29(23,24)10)31-33(11,12)26(2,3)4/h22-25H,15-21H2,1-14H3/t22-,23?,24?,25+,29?/m1/s1. The quantitative estimate of drug-likeness (QED) is 0.288. The average molecular weight is 513 g/mol. The summed E-state index contributed by atoms with van der Waals surface area (Å²) in [6.07, 6.45) is 8.13. The first-order valence-corrected chi connectivity index (χ1v) is 19.9. The Labute approximate surface area is 215 Å². The van der Waals surface area contributed by atoms with Gasteiger partial charge >= 0.3 is 0 Å². The van der Waals surface area contributed by atoms with E-state index in [-0.39, 0.29) is 15.7 Å². The highest BCUT2D eigenvalue weighted by Crippen LogP contribution is 2.58. The van der Waals surface area contributed by atoms with Gasteiger partial charge in [-0.25, -0.2) is 0 Å². The first kappa shape index (κ1) is 30.5. The van der Waals surface area contributed by atoms with Crippen molar-refractivity contribution in [3.05, 3.63) is 0 Å². The highest BCUT2D eigenvalue weighted by atomic mass is 28.4. The molecular formula is C29H60O3Si2. The van der Waals surface area contributed by atoms with Crippen molar-refractivity contribution in [2.75, 3.05) is 6.61 Å². The predicted molar refractivity (Wildman–Crippen MR) is 153 cm³/mol. The lowest BCUT2D eigenvalue weighted by Gasteiger charge is -2.49. The Bertz CT molecular complexity index is 674. The second kappa shape index (κ2) is 10.2. The minimum Gasteiger partial charge on any atom is -0.414 e. The van der Waals surface area contributed by atoms with Gasteiger partial charge in [0, 0.05) is 12.7 Å². The highest BCUT2D eigenvalue weighted by Gasteiger charge is 2.55. The van der Waals surface area contributed by atoms with Gasteiger partial charge in [0.25, 0.3) is 0 Å². The zero-order valence-corrected chi connectivity index (χ0v) is 27.5. The first-order valence-electron chi connectivity index (χ1n) is 14.1. The fraction of sp³-hybridized carbons (Fsp3) is 1.00. The fourth-order valence-electron chi connectivity index (χ4n) is 6.13. The first-order chi connectivity index (χ1) is 15.1. The molecule has 0 aromatic carbocycles. The predicted octanol–water partition coefficient (Wildman–Crippen LogP) is 9.19. The molecular weight excluding hydrogens is 452 g/mol. The van der Waals surface area contributed by atoms with E-state index in [1.807, 2.05) is 0 Å². The van der Waals surface area contributed by atoms with Crippen LogP contribution in [0.15, 0.2) is 0 Å². The zero-order chi connectivity index (χ0) is 26.4. The molecule has 5 heteroatoms. The van der Waals surface area contributed by atoms with Crippen molar-refractivity contribution in [2.45, 2.75) is 162 Å². The summed E-state index contributed by atoms with van der Waals surface area (Å²) in [6.45, 7) is 33.8. The molecule has 0 aliphatic heterocycles. The summed E-state index contributed by atoms with van der Waals surface area (Å²) < 4.78 is 20.3. The minimum atomic E-state index is -1.79. The second-order valence-electron chi connectivity index (χ2n) is 15.6. The molecule has 0 aromatic rings. The largest absolute Gasteiger partial charge is 0.414 e. The average Bonchev–Trinajstić information content (AvgIpc) is 2.96. The third kappa shape index (κ3) is 6.79. The van der Waals surface area contributed by atoms with Gasteiger partial charge in [0.1, 0.15) is 0 Å². The van der Waals surface area contributed by atoms with Crippen molar-refractivity contribution in [3.63, 3.8) is 0 Å². The molecule has 3 unspecified atom stereocenters. The summed E-state index contributed by atoms with van der Waals surface area (Å²) in [5.74, 6) is 1.32. The number of rotatable bonds is 9. The molecule has 2 saturated carbocycles. The Kier molecular flexibility index (Phi) is 9.19. The highest BCUT2D eigenvalue weighted by molar-refractivity contribution is 6.74. The monoisotopic (exact) mass is 512 g/mol. The van der Waals surface area contributed by atoms with E-state index in [1.165, 1.54) is 32.1 Å². The summed E-state index contributed by atoms with van der Waals surface area (Å²) in [4.78, 5) is 0. The number of hydrogen-bond acceptors (Lipinski definition) is 3. The maximum absolute atomic E-state index is 7.04. The van der Waals surface area contributed by atoms with Crippen molar-refractivity contribution in [3.8, 4) is 0 Å². The molecule has 0 aromatic heterocycles. The van der Waals surface area contributed by atoms with Crippen LogP contribution < -0.4 is 0 Å². The van der Waals surface area contributed by atoms with Gasteiger partial charge in [0.15, 0.2) is 16.6 Å². The molecule has 0 bridgehead atoms. The normalized spacial score (nSPS) is 30.4. The number of ether oxygens (including phenoxy) is 1. The van der Waals surface area contributed by atoms with Crippen LogP contribution in [-0.2, 0) is 13.6 Å². The second-order valence-corrected chi connectivity index (χ2v) is 25.0. The molecule has 0 heterocycles. The van der Waals surface area contributed by atoms with Crippen molar-refractivity contribution < 1.29 is 13.6 Å². The number of hydrogen-bond donors (Lipinski definition) is 0. The van der Waals surface area contributed by atoms with Gasteiger partial charge in [-0.05, 0) is 106 Å². The molecule has 0 N–H and O–H groups in total. The van der Waals surface area contributed by atoms with Crippen LogP contribution in [0.2, 0.25) is 36.3 Å². The van der Waals surface area contributed by atoms with Gasteiger partial charge in [-0.3, -0.25) is 0 Å². The van der Waals surface area contributed by atoms with Crippen LogP contribution in [0.4, 0.5) is 0 Å². The van der Waals surface area contributed by atoms with Crippen LogP contribution in [0.1, 0.15) is 108 Å². The molecule has 0 radical (unpaired) electrons. The Balaban J connectivity index is 1.98. The van der Waals surface area contributed by atoms with Crippen molar-refractivity contribution >= 4 is 16.6 Å². The van der Waals surface area contributed by atoms with Gasteiger partial charge in [0.2, 0.25) is 0 Å². The van der Waals surface area contributed by atoms with Crippen LogP contribution in [0.3, 0.4) is 0 Å². The van der Waals surface area contributed by atoms with E-state index in [2.05, 4.69) is 95.4 Å². The molecule has 5 atom stereocenters. The lowest BCUT2D eigenvalue weighted by Crippen LogP contribution is -2.50. The van der Waals surface area contributed by atoms with Crippen LogP contribution in [-0.4, -0.2) is 41.1 Å². The lowest BCUT2D eigenvalue weighted by molar-refractivity contribution is -0.0688. The Morgan fingerprint density at radius 1 is 0.853 bits per heavy atom. The van der Waals surface area contributed by atoms with E-state index in [0.29, 0.717) is 29.5 Å². The Morgan fingerprint density at radius 2 is 1.41 bits per heavy atom. The van der Waals surface area contributed by atoms with Crippen molar-refractivity contribution in [1.29, 1.82) is 0 Å². The van der Waals surface area contributed by atoms with Gasteiger partial charge in [0.05, 0.1) is 11.7 Å². The van der Waals surface area contributed by atoms with Gasteiger partial charge in [-0.2, -0.15) is 0 Å². The van der Waals surface area contributed by atoms with Crippen LogP contribution in [0.25, 0.3) is 0 Å². The van der Waals surface area contributed by atoms with Gasteiger partial charge < -0.3 is 13.6 Å². The van der Waals surface area contributed by atoms with E-state index < -0.39 is 16.6 Å². The van der Waals surface area contributed by atoms with Gasteiger partial charge in [-0.15, -0.1) is 0 Å². The summed E-state index contributed by atoms with van der Waals surface area (Å²) in [7, 11) is -3.54. The lowest BCUT2D eigenvalue weighted by atomic mass is 9.63. The molecule has 0 amide bonds. The van der Waals surface area contributed by atoms with Crippen LogP contribution >= 0.6 is 0 Å². The molecule has 2 aliphatic carbocycles. The minimum absolute atomic E-state index is 0.141. The SMILES string of the molecule is C[C@@H](OCCC(C)(C)O[Si](C)(C)C(C)(C)C)C1CCC2[C@@H](O[Si](C)(C)C(C)(C)C)CCCC21C. The van der Waals surface area contributed by atoms with Crippen molar-refractivity contribution in [2.24, 2.45) is 17.3 Å². The molecule has 0 spiro atoms. The van der Waals surface area contributed by atoms with Crippen LogP contribution in [0, 0.1) is 17.3 Å². The molecule has 2 aliphatic rings. The fourth-order valence-corrected chi connectivity index (χ4v) is 9.31. The van der Waals surface area contributed by atoms with E-state index in [9.17, 15) is 0 Å². The van der Waals surface area contributed by atoms with E-state index in [1.54, 1.807) is 0 Å². The zero-order valence-electron chi connectivity index (χ0n) is 25.5. The van der Waals surface area contributed by atoms with E-state index in [4.69, 9.17) is 13.6 Å². The summed E-state index contributed by atoms with van der Waals surface area (Å²) in [6, 6.07) is 0.